The number of hydrogen-bond acceptors (Lipinski definition) is 3. The Kier molecular flexibility index (Phi) is 3.76. The van der Waals surface area contributed by atoms with Gasteiger partial charge in [-0.1, -0.05) is 20.8 Å². The average molecular weight is 301 g/mol. The fraction of sp³-hybridized carbons (Fsp3) is 0.562. The van der Waals surface area contributed by atoms with E-state index in [0.717, 1.165) is 25.1 Å². The number of imidazole rings is 1. The summed E-state index contributed by atoms with van der Waals surface area (Å²) in [5, 5.41) is 7.20. The fourth-order valence-corrected chi connectivity index (χ4v) is 2.85. The standard InChI is InChI=1S/C16H23N5O/c1-16(2,3)14-9-13(18-19-14)15(22)20-7-4-5-12(10-20)21-8-6-17-11-21/h6,8-9,11-12H,4-5,7,10H2,1-3H3,(H,18,19)/t12-/m1/s1. The first-order chi connectivity index (χ1) is 10.4. The first-order valence-electron chi connectivity index (χ1n) is 7.78. The Balaban J connectivity index is 1.73. The lowest BCUT2D eigenvalue weighted by atomic mass is 9.92. The predicted octanol–water partition coefficient (Wildman–Crippen LogP) is 2.38. The van der Waals surface area contributed by atoms with Crippen molar-refractivity contribution >= 4 is 5.91 Å². The Morgan fingerprint density at radius 2 is 2.23 bits per heavy atom. The zero-order chi connectivity index (χ0) is 15.7. The van der Waals surface area contributed by atoms with E-state index >= 15 is 0 Å². The largest absolute Gasteiger partial charge is 0.335 e. The topological polar surface area (TPSA) is 66.8 Å². The summed E-state index contributed by atoms with van der Waals surface area (Å²) in [6.07, 6.45) is 7.65. The van der Waals surface area contributed by atoms with Crippen molar-refractivity contribution in [3.63, 3.8) is 0 Å². The van der Waals surface area contributed by atoms with E-state index in [4.69, 9.17) is 0 Å². The molecule has 1 aliphatic rings. The molecule has 1 atom stereocenters. The van der Waals surface area contributed by atoms with Crippen LogP contribution in [0.25, 0.3) is 0 Å². The summed E-state index contributed by atoms with van der Waals surface area (Å²) in [5.41, 5.74) is 1.46. The molecule has 2 aromatic heterocycles. The van der Waals surface area contributed by atoms with E-state index in [0.29, 0.717) is 18.3 Å². The molecule has 3 heterocycles. The minimum Gasteiger partial charge on any atom is -0.335 e. The van der Waals surface area contributed by atoms with Crippen molar-refractivity contribution in [3.8, 4) is 0 Å². The van der Waals surface area contributed by atoms with Gasteiger partial charge in [-0.3, -0.25) is 9.89 Å². The minimum absolute atomic E-state index is 0.0107. The molecule has 1 N–H and O–H groups in total. The molecule has 0 unspecified atom stereocenters. The van der Waals surface area contributed by atoms with Gasteiger partial charge in [0.15, 0.2) is 0 Å². The highest BCUT2D eigenvalue weighted by molar-refractivity contribution is 5.92. The van der Waals surface area contributed by atoms with Crippen LogP contribution in [0.5, 0.6) is 0 Å². The Morgan fingerprint density at radius 3 is 2.86 bits per heavy atom. The molecular weight excluding hydrogens is 278 g/mol. The van der Waals surface area contributed by atoms with Gasteiger partial charge >= 0.3 is 0 Å². The zero-order valence-corrected chi connectivity index (χ0v) is 13.4. The molecule has 0 saturated carbocycles. The zero-order valence-electron chi connectivity index (χ0n) is 13.4. The molecule has 0 radical (unpaired) electrons. The number of nitrogens with one attached hydrogen (secondary N) is 1. The number of H-pyrrole nitrogens is 1. The summed E-state index contributed by atoms with van der Waals surface area (Å²) in [7, 11) is 0. The predicted molar refractivity (Wildman–Crippen MR) is 83.7 cm³/mol. The first kappa shape index (κ1) is 14.8. The molecule has 0 bridgehead atoms. The molecule has 118 valence electrons. The summed E-state index contributed by atoms with van der Waals surface area (Å²) < 4.78 is 2.09. The van der Waals surface area contributed by atoms with Gasteiger partial charge in [0, 0.05) is 36.6 Å². The molecule has 22 heavy (non-hydrogen) atoms. The second-order valence-electron chi connectivity index (χ2n) is 6.97. The SMILES string of the molecule is CC(C)(C)c1cc(C(=O)N2CCC[C@@H](n3ccnc3)C2)n[nH]1. The summed E-state index contributed by atoms with van der Waals surface area (Å²) in [6, 6.07) is 2.18. The molecule has 2 aromatic rings. The highest BCUT2D eigenvalue weighted by Crippen LogP contribution is 2.24. The highest BCUT2D eigenvalue weighted by atomic mass is 16.2. The first-order valence-corrected chi connectivity index (χ1v) is 7.78. The number of carbonyl (C=O) groups excluding carboxylic acids is 1. The molecule has 1 aliphatic heterocycles. The van der Waals surface area contributed by atoms with Crippen LogP contribution in [0.15, 0.2) is 24.8 Å². The number of aromatic amines is 1. The van der Waals surface area contributed by atoms with Crippen LogP contribution in [0, 0.1) is 0 Å². The van der Waals surface area contributed by atoms with Gasteiger partial charge in [-0.05, 0) is 18.9 Å². The van der Waals surface area contributed by atoms with E-state index in [1.54, 1.807) is 6.20 Å². The van der Waals surface area contributed by atoms with E-state index in [1.807, 2.05) is 23.5 Å². The maximum atomic E-state index is 12.7. The number of carbonyl (C=O) groups is 1. The average Bonchev–Trinajstić information content (AvgIpc) is 3.17. The van der Waals surface area contributed by atoms with Crippen molar-refractivity contribution in [2.75, 3.05) is 13.1 Å². The number of aromatic nitrogens is 4. The maximum absolute atomic E-state index is 12.7. The Hall–Kier alpha value is -2.11. The van der Waals surface area contributed by atoms with Crippen molar-refractivity contribution in [1.82, 2.24) is 24.6 Å². The normalized spacial score (nSPS) is 19.4. The summed E-state index contributed by atoms with van der Waals surface area (Å²) in [5.74, 6) is 0.0107. The van der Waals surface area contributed by atoms with Crippen LogP contribution in [0.2, 0.25) is 0 Å². The van der Waals surface area contributed by atoms with Crippen molar-refractivity contribution in [2.24, 2.45) is 0 Å². The lowest BCUT2D eigenvalue weighted by Crippen LogP contribution is -2.40. The molecule has 1 fully saturated rings. The Morgan fingerprint density at radius 1 is 1.41 bits per heavy atom. The third kappa shape index (κ3) is 2.91. The molecule has 0 spiro atoms. The van der Waals surface area contributed by atoms with Crippen LogP contribution in [0.1, 0.15) is 55.8 Å². The van der Waals surface area contributed by atoms with Crippen molar-refractivity contribution < 1.29 is 4.79 Å². The quantitative estimate of drug-likeness (QED) is 0.926. The minimum atomic E-state index is -0.0349. The Bertz CT molecular complexity index is 638. The number of likely N-dealkylation sites (tertiary alicyclic amines) is 1. The molecule has 6 heteroatoms. The maximum Gasteiger partial charge on any atom is 0.274 e. The Labute approximate surface area is 130 Å². The van der Waals surface area contributed by atoms with Crippen LogP contribution in [-0.2, 0) is 5.41 Å². The van der Waals surface area contributed by atoms with Crippen LogP contribution < -0.4 is 0 Å². The third-order valence-corrected chi connectivity index (χ3v) is 4.24. The lowest BCUT2D eigenvalue weighted by Gasteiger charge is -2.32. The van der Waals surface area contributed by atoms with Crippen molar-refractivity contribution in [3.05, 3.63) is 36.2 Å². The number of amides is 1. The van der Waals surface area contributed by atoms with Gasteiger partial charge < -0.3 is 9.47 Å². The summed E-state index contributed by atoms with van der Waals surface area (Å²) in [4.78, 5) is 18.7. The van der Waals surface area contributed by atoms with Crippen molar-refractivity contribution in [1.29, 1.82) is 0 Å². The summed E-state index contributed by atoms with van der Waals surface area (Å²) in [6.45, 7) is 7.81. The lowest BCUT2D eigenvalue weighted by molar-refractivity contribution is 0.0673. The van der Waals surface area contributed by atoms with E-state index in [9.17, 15) is 4.79 Å². The fourth-order valence-electron chi connectivity index (χ4n) is 2.85. The molecule has 1 saturated heterocycles. The number of piperidine rings is 1. The second-order valence-corrected chi connectivity index (χ2v) is 6.97. The molecule has 1 amide bonds. The van der Waals surface area contributed by atoms with E-state index in [-0.39, 0.29) is 11.3 Å². The summed E-state index contributed by atoms with van der Waals surface area (Å²) >= 11 is 0. The van der Waals surface area contributed by atoms with Crippen LogP contribution in [-0.4, -0.2) is 43.6 Å². The van der Waals surface area contributed by atoms with Gasteiger partial charge in [0.1, 0.15) is 5.69 Å². The molecule has 0 aliphatic carbocycles. The third-order valence-electron chi connectivity index (χ3n) is 4.24. The number of hydrogen-bond donors (Lipinski definition) is 1. The monoisotopic (exact) mass is 301 g/mol. The molecule has 6 nitrogen and oxygen atoms in total. The smallest absolute Gasteiger partial charge is 0.274 e. The van der Waals surface area contributed by atoms with Crippen LogP contribution >= 0.6 is 0 Å². The molecular formula is C16H23N5O. The van der Waals surface area contributed by atoms with Gasteiger partial charge in [-0.2, -0.15) is 5.10 Å². The van der Waals surface area contributed by atoms with Gasteiger partial charge in [0.05, 0.1) is 12.4 Å². The molecule has 0 aromatic carbocycles. The number of nitrogens with zero attached hydrogens (tertiary/aromatic N) is 4. The van der Waals surface area contributed by atoms with Gasteiger partial charge in [-0.25, -0.2) is 4.98 Å². The van der Waals surface area contributed by atoms with Gasteiger partial charge in [0.2, 0.25) is 0 Å². The van der Waals surface area contributed by atoms with Gasteiger partial charge in [0.25, 0.3) is 5.91 Å². The van der Waals surface area contributed by atoms with E-state index < -0.39 is 0 Å². The highest BCUT2D eigenvalue weighted by Gasteiger charge is 2.27. The van der Waals surface area contributed by atoms with E-state index in [1.165, 1.54) is 0 Å². The van der Waals surface area contributed by atoms with Crippen LogP contribution in [0.3, 0.4) is 0 Å². The van der Waals surface area contributed by atoms with Gasteiger partial charge in [-0.15, -0.1) is 0 Å². The number of rotatable bonds is 2. The second kappa shape index (κ2) is 5.59. The van der Waals surface area contributed by atoms with Crippen LogP contribution in [0.4, 0.5) is 0 Å². The molecule has 3 rings (SSSR count). The van der Waals surface area contributed by atoms with Crippen molar-refractivity contribution in [2.45, 2.75) is 45.1 Å². The van der Waals surface area contributed by atoms with E-state index in [2.05, 4.69) is 40.5 Å².